The van der Waals surface area contributed by atoms with Crippen LogP contribution in [0.1, 0.15) is 25.7 Å². The zero-order valence-corrected chi connectivity index (χ0v) is 9.78. The molecule has 0 amide bonds. The Morgan fingerprint density at radius 1 is 1.22 bits per heavy atom. The molecule has 104 valence electrons. The lowest BCUT2D eigenvalue weighted by atomic mass is 9.87. The van der Waals surface area contributed by atoms with Gasteiger partial charge >= 0.3 is 11.9 Å². The molecule has 0 aromatic heterocycles. The molecule has 8 nitrogen and oxygen atoms in total. The van der Waals surface area contributed by atoms with Crippen LogP contribution in [0.3, 0.4) is 0 Å². The highest BCUT2D eigenvalue weighted by atomic mass is 16.5. The zero-order valence-electron chi connectivity index (χ0n) is 9.78. The van der Waals surface area contributed by atoms with E-state index < -0.39 is 35.9 Å². The summed E-state index contributed by atoms with van der Waals surface area (Å²) in [5, 5.41) is 26.7. The molecule has 0 bridgehead atoms. The van der Waals surface area contributed by atoms with Crippen molar-refractivity contribution in [2.24, 2.45) is 11.5 Å². The maximum absolute atomic E-state index is 10.9. The summed E-state index contributed by atoms with van der Waals surface area (Å²) in [5.74, 6) is -3.23. The summed E-state index contributed by atoms with van der Waals surface area (Å²) in [5.41, 5.74) is 10.4. The van der Waals surface area contributed by atoms with Gasteiger partial charge in [-0.05, 0) is 12.8 Å². The Hall–Kier alpha value is -1.22. The number of rotatable bonds is 5. The van der Waals surface area contributed by atoms with E-state index in [9.17, 15) is 14.7 Å². The Balaban J connectivity index is 2.77. The van der Waals surface area contributed by atoms with Crippen LogP contribution >= 0.6 is 0 Å². The number of nitrogens with two attached hydrogens (primary N) is 2. The average molecular weight is 262 g/mol. The number of hydrogen-bond acceptors (Lipinski definition) is 6. The minimum absolute atomic E-state index is 0.434. The van der Waals surface area contributed by atoms with Crippen LogP contribution in [-0.4, -0.2) is 51.2 Å². The Morgan fingerprint density at radius 2 is 1.83 bits per heavy atom. The largest absolute Gasteiger partial charge is 0.479 e. The van der Waals surface area contributed by atoms with E-state index in [0.29, 0.717) is 12.8 Å². The molecule has 0 aliphatic heterocycles. The number of carbonyl (C=O) groups is 2. The first-order chi connectivity index (χ1) is 8.25. The van der Waals surface area contributed by atoms with Crippen molar-refractivity contribution in [3.8, 4) is 0 Å². The van der Waals surface area contributed by atoms with Crippen LogP contribution in [0.15, 0.2) is 0 Å². The first-order valence-electron chi connectivity index (χ1n) is 5.62. The molecular formula is C10H18N2O6. The summed E-state index contributed by atoms with van der Waals surface area (Å²) < 4.78 is 5.11. The lowest BCUT2D eigenvalue weighted by molar-refractivity contribution is -0.181. The van der Waals surface area contributed by atoms with E-state index in [4.69, 9.17) is 26.4 Å². The Kier molecular flexibility index (Phi) is 4.63. The second-order valence-electron chi connectivity index (χ2n) is 4.52. The van der Waals surface area contributed by atoms with Gasteiger partial charge in [-0.2, -0.15) is 0 Å². The Labute approximate surface area is 104 Å². The number of aliphatic hydroxyl groups excluding tert-OH is 1. The predicted molar refractivity (Wildman–Crippen MR) is 59.5 cm³/mol. The van der Waals surface area contributed by atoms with Gasteiger partial charge in [-0.15, -0.1) is 0 Å². The van der Waals surface area contributed by atoms with Crippen LogP contribution in [0.2, 0.25) is 0 Å². The molecule has 0 spiro atoms. The predicted octanol–water partition coefficient (Wildman–Crippen LogP) is -1.54. The topological polar surface area (TPSA) is 156 Å². The van der Waals surface area contributed by atoms with Gasteiger partial charge in [0.15, 0.2) is 12.2 Å². The summed E-state index contributed by atoms with van der Waals surface area (Å²) in [6.45, 7) is 0. The molecule has 0 aromatic carbocycles. The van der Waals surface area contributed by atoms with Crippen LogP contribution in [0, 0.1) is 0 Å². The Morgan fingerprint density at radius 3 is 2.28 bits per heavy atom. The van der Waals surface area contributed by atoms with Gasteiger partial charge < -0.3 is 31.5 Å². The molecule has 1 saturated carbocycles. The van der Waals surface area contributed by atoms with E-state index in [1.807, 2.05) is 0 Å². The maximum atomic E-state index is 10.9. The molecule has 1 unspecified atom stereocenters. The SMILES string of the molecule is NC1(N)CCCCC1O[C@@H](C(=O)O)[C@@H](O)C(=O)O. The highest BCUT2D eigenvalue weighted by Crippen LogP contribution is 2.26. The summed E-state index contributed by atoms with van der Waals surface area (Å²) in [4.78, 5) is 21.5. The first kappa shape index (κ1) is 14.8. The number of ether oxygens (including phenoxy) is 1. The van der Waals surface area contributed by atoms with Gasteiger partial charge in [0.2, 0.25) is 0 Å². The molecule has 0 heterocycles. The van der Waals surface area contributed by atoms with Gasteiger partial charge in [0.1, 0.15) is 0 Å². The quantitative estimate of drug-likeness (QED) is 0.373. The summed E-state index contributed by atoms with van der Waals surface area (Å²) >= 11 is 0. The minimum Gasteiger partial charge on any atom is -0.479 e. The third kappa shape index (κ3) is 3.39. The third-order valence-corrected chi connectivity index (χ3v) is 3.02. The number of carboxylic acids is 2. The van der Waals surface area contributed by atoms with E-state index >= 15 is 0 Å². The van der Waals surface area contributed by atoms with E-state index in [1.165, 1.54) is 0 Å². The van der Waals surface area contributed by atoms with Crippen molar-refractivity contribution in [3.63, 3.8) is 0 Å². The van der Waals surface area contributed by atoms with Crippen LogP contribution in [0.25, 0.3) is 0 Å². The van der Waals surface area contributed by atoms with Gasteiger partial charge in [-0.25, -0.2) is 9.59 Å². The first-order valence-corrected chi connectivity index (χ1v) is 5.62. The molecule has 1 fully saturated rings. The smallest absolute Gasteiger partial charge is 0.336 e. The lowest BCUT2D eigenvalue weighted by Gasteiger charge is -2.39. The highest BCUT2D eigenvalue weighted by molar-refractivity contribution is 5.83. The van der Waals surface area contributed by atoms with Crippen LogP contribution in [-0.2, 0) is 14.3 Å². The molecule has 1 rings (SSSR count). The van der Waals surface area contributed by atoms with Crippen LogP contribution in [0.4, 0.5) is 0 Å². The maximum Gasteiger partial charge on any atom is 0.336 e. The van der Waals surface area contributed by atoms with Gasteiger partial charge in [-0.1, -0.05) is 12.8 Å². The zero-order chi connectivity index (χ0) is 13.9. The number of aliphatic hydroxyl groups is 1. The fourth-order valence-electron chi connectivity index (χ4n) is 1.96. The molecule has 8 heteroatoms. The molecule has 0 radical (unpaired) electrons. The summed E-state index contributed by atoms with van der Waals surface area (Å²) in [6, 6.07) is 0. The van der Waals surface area contributed by atoms with Crippen molar-refractivity contribution in [2.45, 2.75) is 49.7 Å². The van der Waals surface area contributed by atoms with E-state index in [1.54, 1.807) is 0 Å². The third-order valence-electron chi connectivity index (χ3n) is 3.02. The van der Waals surface area contributed by atoms with Crippen molar-refractivity contribution in [1.29, 1.82) is 0 Å². The van der Waals surface area contributed by atoms with E-state index in [0.717, 1.165) is 12.8 Å². The van der Waals surface area contributed by atoms with Crippen molar-refractivity contribution < 1.29 is 29.6 Å². The molecule has 3 atom stereocenters. The highest BCUT2D eigenvalue weighted by Gasteiger charge is 2.41. The monoisotopic (exact) mass is 262 g/mol. The second kappa shape index (κ2) is 5.61. The minimum atomic E-state index is -2.15. The van der Waals surface area contributed by atoms with Crippen molar-refractivity contribution >= 4 is 11.9 Å². The van der Waals surface area contributed by atoms with Crippen molar-refractivity contribution in [1.82, 2.24) is 0 Å². The van der Waals surface area contributed by atoms with Gasteiger partial charge in [-0.3, -0.25) is 0 Å². The van der Waals surface area contributed by atoms with E-state index in [2.05, 4.69) is 0 Å². The molecule has 0 aromatic rings. The fraction of sp³-hybridized carbons (Fsp3) is 0.800. The van der Waals surface area contributed by atoms with Gasteiger partial charge in [0.05, 0.1) is 11.8 Å². The van der Waals surface area contributed by atoms with Crippen molar-refractivity contribution in [3.05, 3.63) is 0 Å². The van der Waals surface area contributed by atoms with Crippen molar-refractivity contribution in [2.75, 3.05) is 0 Å². The molecule has 7 N–H and O–H groups in total. The molecular weight excluding hydrogens is 244 g/mol. The molecule has 1 aliphatic rings. The summed E-state index contributed by atoms with van der Waals surface area (Å²) in [7, 11) is 0. The second-order valence-corrected chi connectivity index (χ2v) is 4.52. The summed E-state index contributed by atoms with van der Waals surface area (Å²) in [6.07, 6.45) is -2.38. The van der Waals surface area contributed by atoms with Crippen LogP contribution in [0.5, 0.6) is 0 Å². The van der Waals surface area contributed by atoms with Crippen LogP contribution < -0.4 is 11.5 Å². The standard InChI is InChI=1S/C10H18N2O6/c11-10(12)4-2-1-3-5(10)18-7(9(16)17)6(13)8(14)15/h5-7,13H,1-4,11-12H2,(H,14,15)(H,16,17)/t5?,6-,7-/m1/s1. The van der Waals surface area contributed by atoms with Gasteiger partial charge in [0.25, 0.3) is 0 Å². The molecule has 0 saturated heterocycles. The number of aliphatic carboxylic acids is 2. The normalized spacial score (nSPS) is 26.3. The fourth-order valence-corrected chi connectivity index (χ4v) is 1.96. The van der Waals surface area contributed by atoms with Gasteiger partial charge in [0, 0.05) is 0 Å². The lowest BCUT2D eigenvalue weighted by Crippen LogP contribution is -2.63. The van der Waals surface area contributed by atoms with E-state index in [-0.39, 0.29) is 0 Å². The average Bonchev–Trinajstić information content (AvgIpc) is 2.25. The number of hydrogen-bond donors (Lipinski definition) is 5. The Bertz CT molecular complexity index is 332. The molecule has 18 heavy (non-hydrogen) atoms. The number of carboxylic acid groups (broad SMARTS) is 2. The molecule has 1 aliphatic carbocycles.